The first kappa shape index (κ1) is 17.6. The zero-order valence-corrected chi connectivity index (χ0v) is 12.5. The zero-order valence-electron chi connectivity index (χ0n) is 12.5. The Labute approximate surface area is 135 Å². The second-order valence-corrected chi connectivity index (χ2v) is 4.63. The summed E-state index contributed by atoms with van der Waals surface area (Å²) >= 11 is 0. The predicted octanol–water partition coefficient (Wildman–Crippen LogP) is 4.73. The van der Waals surface area contributed by atoms with E-state index in [-0.39, 0.29) is 11.5 Å². The predicted molar refractivity (Wildman–Crippen MR) is 82.0 cm³/mol. The molecule has 0 unspecified atom stereocenters. The topological polar surface area (TPSA) is 42.9 Å². The number of hydrogen-bond acceptors (Lipinski definition) is 4. The Morgan fingerprint density at radius 1 is 0.917 bits per heavy atom. The van der Waals surface area contributed by atoms with Gasteiger partial charge in [-0.2, -0.15) is 22.7 Å². The van der Waals surface area contributed by atoms with Crippen LogP contribution in [0, 0.1) is 0 Å². The van der Waals surface area contributed by atoms with Gasteiger partial charge in [-0.15, -0.1) is 0 Å². The molecule has 0 aliphatic rings. The molecule has 0 aliphatic heterocycles. The summed E-state index contributed by atoms with van der Waals surface area (Å²) in [6.45, 7) is -4.58. The lowest BCUT2D eigenvalue weighted by atomic mass is 10.1. The van der Waals surface area contributed by atoms with Crippen molar-refractivity contribution in [3.8, 4) is 11.5 Å². The third kappa shape index (κ3) is 5.45. The molecule has 2 rings (SSSR count). The summed E-state index contributed by atoms with van der Waals surface area (Å²) in [4.78, 5) is 0. The van der Waals surface area contributed by atoms with E-state index in [1.54, 1.807) is 31.2 Å². The number of hydrogen-bond donors (Lipinski definition) is 1. The third-order valence-electron chi connectivity index (χ3n) is 2.87. The maximum absolute atomic E-state index is 12.4. The molecule has 4 nitrogen and oxygen atoms in total. The van der Waals surface area contributed by atoms with Crippen LogP contribution in [0.5, 0.6) is 11.5 Å². The van der Waals surface area contributed by atoms with Crippen LogP contribution in [-0.2, 0) is 0 Å². The van der Waals surface area contributed by atoms with Gasteiger partial charge in [0.25, 0.3) is 0 Å². The van der Waals surface area contributed by atoms with Gasteiger partial charge in [0.05, 0.1) is 11.4 Å². The average Bonchev–Trinajstić information content (AvgIpc) is 2.52. The second kappa shape index (κ2) is 8.19. The van der Waals surface area contributed by atoms with Crippen LogP contribution in [0.4, 0.5) is 23.2 Å². The Morgan fingerprint density at radius 2 is 1.46 bits per heavy atom. The molecule has 0 radical (unpaired) electrons. The van der Waals surface area contributed by atoms with Crippen molar-refractivity contribution in [3.63, 3.8) is 0 Å². The van der Waals surface area contributed by atoms with E-state index in [4.69, 9.17) is 0 Å². The monoisotopic (exact) mass is 342 g/mol. The van der Waals surface area contributed by atoms with E-state index in [1.807, 2.05) is 6.07 Å². The SMILES string of the molecule is CC(=NNc1ccccc1)c1cc(OC(F)F)cc(OC(F)F)c1. The number of anilines is 1. The van der Waals surface area contributed by atoms with Gasteiger partial charge < -0.3 is 9.47 Å². The number of rotatable bonds is 7. The Kier molecular flexibility index (Phi) is 6.00. The van der Waals surface area contributed by atoms with Crippen molar-refractivity contribution in [1.29, 1.82) is 0 Å². The van der Waals surface area contributed by atoms with Crippen LogP contribution in [-0.4, -0.2) is 18.9 Å². The van der Waals surface area contributed by atoms with Crippen LogP contribution in [0.15, 0.2) is 53.6 Å². The summed E-state index contributed by atoms with van der Waals surface area (Å²) in [6.07, 6.45) is 0. The first-order valence-corrected chi connectivity index (χ1v) is 6.84. The van der Waals surface area contributed by atoms with E-state index < -0.39 is 13.2 Å². The first-order valence-electron chi connectivity index (χ1n) is 6.84. The van der Waals surface area contributed by atoms with Gasteiger partial charge >= 0.3 is 13.2 Å². The lowest BCUT2D eigenvalue weighted by Gasteiger charge is -2.11. The van der Waals surface area contributed by atoms with E-state index in [9.17, 15) is 17.6 Å². The van der Waals surface area contributed by atoms with Crippen molar-refractivity contribution in [2.75, 3.05) is 5.43 Å². The number of benzene rings is 2. The zero-order chi connectivity index (χ0) is 17.5. The van der Waals surface area contributed by atoms with Crippen molar-refractivity contribution in [2.24, 2.45) is 5.10 Å². The molecule has 128 valence electrons. The molecule has 1 N–H and O–H groups in total. The second-order valence-electron chi connectivity index (χ2n) is 4.63. The fraction of sp³-hybridized carbons (Fsp3) is 0.188. The molecule has 0 saturated heterocycles. The van der Waals surface area contributed by atoms with Gasteiger partial charge in [-0.3, -0.25) is 5.43 Å². The fourth-order valence-electron chi connectivity index (χ4n) is 1.85. The molecule has 0 spiro atoms. The van der Waals surface area contributed by atoms with Crippen molar-refractivity contribution in [2.45, 2.75) is 20.1 Å². The van der Waals surface area contributed by atoms with Crippen LogP contribution in [0.3, 0.4) is 0 Å². The van der Waals surface area contributed by atoms with E-state index in [2.05, 4.69) is 20.0 Å². The molecule has 0 amide bonds. The van der Waals surface area contributed by atoms with Gasteiger partial charge in [-0.1, -0.05) is 18.2 Å². The Morgan fingerprint density at radius 3 is 1.96 bits per heavy atom. The maximum atomic E-state index is 12.4. The summed E-state index contributed by atoms with van der Waals surface area (Å²) in [5.41, 5.74) is 4.15. The van der Waals surface area contributed by atoms with Crippen LogP contribution in [0.25, 0.3) is 0 Å². The van der Waals surface area contributed by atoms with Gasteiger partial charge in [-0.05, 0) is 31.2 Å². The number of nitrogens with zero attached hydrogens (tertiary/aromatic N) is 1. The normalized spacial score (nSPS) is 11.7. The molecule has 0 aliphatic carbocycles. The highest BCUT2D eigenvalue weighted by Crippen LogP contribution is 2.26. The van der Waals surface area contributed by atoms with Crippen molar-refractivity contribution in [1.82, 2.24) is 0 Å². The molecule has 8 heteroatoms. The number of alkyl halides is 4. The summed E-state index contributed by atoms with van der Waals surface area (Å²) in [7, 11) is 0. The molecular weight excluding hydrogens is 328 g/mol. The third-order valence-corrected chi connectivity index (χ3v) is 2.87. The summed E-state index contributed by atoms with van der Waals surface area (Å²) in [5, 5.41) is 4.09. The molecule has 2 aromatic carbocycles. The Balaban J connectivity index is 2.25. The standard InChI is InChI=1S/C16H14F4N2O2/c1-10(21-22-12-5-3-2-4-6-12)11-7-13(23-15(17)18)9-14(8-11)24-16(19)20/h2-9,15-16,22H,1H3. The van der Waals surface area contributed by atoms with Gasteiger partial charge in [0.15, 0.2) is 0 Å². The number of para-hydroxylation sites is 1. The van der Waals surface area contributed by atoms with Gasteiger partial charge in [0.2, 0.25) is 0 Å². The minimum absolute atomic E-state index is 0.298. The van der Waals surface area contributed by atoms with Crippen LogP contribution in [0.1, 0.15) is 12.5 Å². The number of ether oxygens (including phenoxy) is 2. The minimum atomic E-state index is -3.08. The molecule has 0 saturated carbocycles. The fourth-order valence-corrected chi connectivity index (χ4v) is 1.85. The largest absolute Gasteiger partial charge is 0.435 e. The van der Waals surface area contributed by atoms with E-state index in [1.165, 1.54) is 12.1 Å². The van der Waals surface area contributed by atoms with Gasteiger partial charge in [0.1, 0.15) is 11.5 Å². The highest BCUT2D eigenvalue weighted by Gasteiger charge is 2.12. The first-order chi connectivity index (χ1) is 11.4. The van der Waals surface area contributed by atoms with Crippen LogP contribution in [0.2, 0.25) is 0 Å². The summed E-state index contributed by atoms with van der Waals surface area (Å²) in [6, 6.07) is 12.5. The molecule has 24 heavy (non-hydrogen) atoms. The number of nitrogens with one attached hydrogen (secondary N) is 1. The van der Waals surface area contributed by atoms with Gasteiger partial charge in [0, 0.05) is 11.6 Å². The Bertz CT molecular complexity index is 665. The minimum Gasteiger partial charge on any atom is -0.435 e. The van der Waals surface area contributed by atoms with Crippen LogP contribution < -0.4 is 14.9 Å². The van der Waals surface area contributed by atoms with E-state index >= 15 is 0 Å². The summed E-state index contributed by atoms with van der Waals surface area (Å²) < 4.78 is 58.0. The highest BCUT2D eigenvalue weighted by molar-refractivity contribution is 5.99. The molecule has 2 aromatic rings. The molecule has 0 aromatic heterocycles. The van der Waals surface area contributed by atoms with Crippen molar-refractivity contribution in [3.05, 3.63) is 54.1 Å². The van der Waals surface area contributed by atoms with Crippen molar-refractivity contribution >= 4 is 11.4 Å². The quantitative estimate of drug-likeness (QED) is 0.450. The van der Waals surface area contributed by atoms with E-state index in [0.717, 1.165) is 6.07 Å². The lowest BCUT2D eigenvalue weighted by molar-refractivity contribution is -0.0542. The average molecular weight is 342 g/mol. The molecule has 0 atom stereocenters. The smallest absolute Gasteiger partial charge is 0.387 e. The molecule has 0 heterocycles. The maximum Gasteiger partial charge on any atom is 0.387 e. The summed E-state index contributed by atoms with van der Waals surface area (Å²) in [5.74, 6) is -0.597. The Hall–Kier alpha value is -2.77. The van der Waals surface area contributed by atoms with Crippen molar-refractivity contribution < 1.29 is 27.0 Å². The highest BCUT2D eigenvalue weighted by atomic mass is 19.3. The van der Waals surface area contributed by atoms with Crippen LogP contribution >= 0.6 is 0 Å². The molecule has 0 fully saturated rings. The molecular formula is C16H14F4N2O2. The molecule has 0 bridgehead atoms. The van der Waals surface area contributed by atoms with E-state index in [0.29, 0.717) is 17.0 Å². The number of hydrazone groups is 1. The lowest BCUT2D eigenvalue weighted by Crippen LogP contribution is -2.07. The van der Waals surface area contributed by atoms with Gasteiger partial charge in [-0.25, -0.2) is 0 Å². The number of halogens is 4.